The number of nitrogens with one attached hydrogen (secondary N) is 1. The van der Waals surface area contributed by atoms with E-state index in [4.69, 9.17) is 5.11 Å². The molecule has 2 aliphatic heterocycles. The molecule has 0 bridgehead atoms. The third-order valence-electron chi connectivity index (χ3n) is 5.53. The number of amides is 3. The summed E-state index contributed by atoms with van der Waals surface area (Å²) in [6.45, 7) is 2.99. The van der Waals surface area contributed by atoms with E-state index in [-0.39, 0.29) is 12.1 Å². The Balaban J connectivity index is 1.78. The molecular weight excluding hydrogens is 455 g/mol. The van der Waals surface area contributed by atoms with Crippen molar-refractivity contribution in [3.63, 3.8) is 0 Å². The number of nitrogens with zero attached hydrogens (tertiary/aromatic N) is 2. The third kappa shape index (κ3) is 3.85. The summed E-state index contributed by atoms with van der Waals surface area (Å²) in [6, 6.07) is 2.94. The van der Waals surface area contributed by atoms with Crippen LogP contribution in [0.1, 0.15) is 29.8 Å². The molecule has 9 nitrogen and oxygen atoms in total. The first-order chi connectivity index (χ1) is 14.7. The number of alkyl halides is 3. The first-order valence-electron chi connectivity index (χ1n) is 9.35. The molecule has 4 atom stereocenters. The van der Waals surface area contributed by atoms with Crippen molar-refractivity contribution < 1.29 is 41.7 Å². The second-order valence-corrected chi connectivity index (χ2v) is 10.2. The molecule has 2 aliphatic rings. The van der Waals surface area contributed by atoms with Crippen molar-refractivity contribution in [1.29, 1.82) is 0 Å². The summed E-state index contributed by atoms with van der Waals surface area (Å²) in [5.74, 6) is -4.92. The fourth-order valence-corrected chi connectivity index (χ4v) is 5.75. The predicted molar refractivity (Wildman–Crippen MR) is 105 cm³/mol. The van der Waals surface area contributed by atoms with Gasteiger partial charge in [-0.3, -0.25) is 18.6 Å². The van der Waals surface area contributed by atoms with Gasteiger partial charge in [0.2, 0.25) is 11.8 Å². The van der Waals surface area contributed by atoms with Crippen LogP contribution in [0.15, 0.2) is 24.3 Å². The standard InChI is InChI=1S/C19H20F3N3O6S/c1-18(2)12(14(27)24(3)8-9-4-6-10(7-5-9)16(28)29)25-13(26)11(15(25)32(18)31)23-17(30)19(20,21)22/h4-7,11-12,15H,8H2,1-3H3,(H,23,30)(H,28,29)/t11-,12-,15+,32?/m0/s1. The first kappa shape index (κ1) is 23.7. The van der Waals surface area contributed by atoms with Crippen LogP contribution in [0.25, 0.3) is 0 Å². The Hall–Kier alpha value is -2.96. The summed E-state index contributed by atoms with van der Waals surface area (Å²) >= 11 is 0. The average Bonchev–Trinajstić information content (AvgIpc) is 2.88. The molecule has 0 radical (unpaired) electrons. The van der Waals surface area contributed by atoms with Gasteiger partial charge in [-0.25, -0.2) is 4.79 Å². The van der Waals surface area contributed by atoms with E-state index in [2.05, 4.69) is 0 Å². The van der Waals surface area contributed by atoms with Crippen LogP contribution in [0, 0.1) is 0 Å². The molecular formula is C19H20F3N3O6S. The molecule has 2 heterocycles. The van der Waals surface area contributed by atoms with Crippen LogP contribution in [-0.4, -0.2) is 78.2 Å². The highest BCUT2D eigenvalue weighted by Crippen LogP contribution is 2.44. The number of rotatable bonds is 5. The number of carbonyl (C=O) groups is 4. The van der Waals surface area contributed by atoms with E-state index < -0.39 is 62.9 Å². The zero-order chi connectivity index (χ0) is 24.2. The summed E-state index contributed by atoms with van der Waals surface area (Å²) in [5.41, 5.74) is 0.667. The van der Waals surface area contributed by atoms with Crippen LogP contribution in [0.3, 0.4) is 0 Å². The van der Waals surface area contributed by atoms with Gasteiger partial charge in [-0.15, -0.1) is 0 Å². The van der Waals surface area contributed by atoms with Gasteiger partial charge in [0, 0.05) is 13.6 Å². The highest BCUT2D eigenvalue weighted by molar-refractivity contribution is 7.87. The van der Waals surface area contributed by atoms with E-state index in [1.807, 2.05) is 0 Å². The zero-order valence-corrected chi connectivity index (χ0v) is 18.0. The molecule has 0 spiro atoms. The summed E-state index contributed by atoms with van der Waals surface area (Å²) in [7, 11) is -0.490. The second kappa shape index (κ2) is 7.87. The summed E-state index contributed by atoms with van der Waals surface area (Å²) < 4.78 is 49.4. The third-order valence-corrected chi connectivity index (χ3v) is 7.73. The van der Waals surface area contributed by atoms with Crippen molar-refractivity contribution in [2.75, 3.05) is 7.05 Å². The Bertz CT molecular complexity index is 1010. The Kier molecular flexibility index (Phi) is 5.83. The maximum Gasteiger partial charge on any atom is 0.471 e. The molecule has 1 aromatic carbocycles. The number of aromatic carboxylic acids is 1. The molecule has 3 rings (SSSR count). The molecule has 2 saturated heterocycles. The number of halogens is 3. The number of fused-ring (bicyclic) bond motifs is 1. The molecule has 0 aromatic heterocycles. The van der Waals surface area contributed by atoms with Gasteiger partial charge in [0.1, 0.15) is 17.5 Å². The molecule has 0 saturated carbocycles. The number of likely N-dealkylation sites (N-methyl/N-ethyl adjacent to an activating group) is 1. The first-order valence-corrected chi connectivity index (χ1v) is 10.6. The van der Waals surface area contributed by atoms with Crippen molar-refractivity contribution in [1.82, 2.24) is 15.1 Å². The minimum absolute atomic E-state index is 0.0544. The average molecular weight is 475 g/mol. The van der Waals surface area contributed by atoms with Gasteiger partial charge in [0.15, 0.2) is 0 Å². The van der Waals surface area contributed by atoms with Crippen LogP contribution >= 0.6 is 0 Å². The molecule has 13 heteroatoms. The number of benzene rings is 1. The van der Waals surface area contributed by atoms with Crippen LogP contribution in [-0.2, 0) is 31.7 Å². The second-order valence-electron chi connectivity index (χ2n) is 8.08. The van der Waals surface area contributed by atoms with E-state index in [1.54, 1.807) is 5.32 Å². The van der Waals surface area contributed by atoms with Gasteiger partial charge >= 0.3 is 18.1 Å². The molecule has 2 fully saturated rings. The van der Waals surface area contributed by atoms with Crippen molar-refractivity contribution in [3.05, 3.63) is 35.4 Å². The predicted octanol–water partition coefficient (Wildman–Crippen LogP) is 0.468. The van der Waals surface area contributed by atoms with E-state index in [1.165, 1.54) is 50.1 Å². The van der Waals surface area contributed by atoms with Crippen LogP contribution in [0.4, 0.5) is 13.2 Å². The fourth-order valence-electron chi connectivity index (χ4n) is 3.83. The van der Waals surface area contributed by atoms with Gasteiger partial charge in [-0.1, -0.05) is 12.1 Å². The summed E-state index contributed by atoms with van der Waals surface area (Å²) in [4.78, 5) is 50.1. The van der Waals surface area contributed by atoms with E-state index in [0.29, 0.717) is 5.56 Å². The number of hydrogen-bond donors (Lipinski definition) is 2. The number of carboxylic acids is 1. The fraction of sp³-hybridized carbons (Fsp3) is 0.474. The van der Waals surface area contributed by atoms with Crippen molar-refractivity contribution >= 4 is 34.5 Å². The lowest BCUT2D eigenvalue weighted by molar-refractivity contribution is -0.178. The number of β-lactam (4-membered cyclic amide) rings is 1. The summed E-state index contributed by atoms with van der Waals surface area (Å²) in [5, 5.41) is 9.28. The smallest absolute Gasteiger partial charge is 0.471 e. The SMILES string of the molecule is CN(Cc1ccc(C(=O)O)cc1)C(=O)[C@@H]1N2C(=O)[C@H](NC(=O)C(F)(F)F)[C@H]2S(=O)C1(C)C. The number of carboxylic acid groups (broad SMARTS) is 1. The molecule has 2 N–H and O–H groups in total. The number of hydrogen-bond acceptors (Lipinski definition) is 5. The largest absolute Gasteiger partial charge is 0.478 e. The van der Waals surface area contributed by atoms with E-state index >= 15 is 0 Å². The molecule has 0 aliphatic carbocycles. The highest BCUT2D eigenvalue weighted by atomic mass is 32.2. The lowest BCUT2D eigenvalue weighted by Gasteiger charge is -2.44. The van der Waals surface area contributed by atoms with Gasteiger partial charge in [-0.05, 0) is 31.5 Å². The Morgan fingerprint density at radius 2 is 1.78 bits per heavy atom. The number of carbonyl (C=O) groups excluding carboxylic acids is 3. The van der Waals surface area contributed by atoms with Gasteiger partial charge in [-0.2, -0.15) is 13.2 Å². The minimum Gasteiger partial charge on any atom is -0.478 e. The van der Waals surface area contributed by atoms with E-state index in [9.17, 15) is 36.6 Å². The molecule has 1 aromatic rings. The molecule has 3 amide bonds. The lowest BCUT2D eigenvalue weighted by Crippen LogP contribution is -2.72. The summed E-state index contributed by atoms with van der Waals surface area (Å²) in [6.07, 6.45) is -5.21. The van der Waals surface area contributed by atoms with Crippen molar-refractivity contribution in [2.45, 2.75) is 48.8 Å². The van der Waals surface area contributed by atoms with Crippen molar-refractivity contribution in [3.8, 4) is 0 Å². The lowest BCUT2D eigenvalue weighted by atomic mass is 9.94. The quantitative estimate of drug-likeness (QED) is 0.597. The van der Waals surface area contributed by atoms with Crippen LogP contribution in [0.2, 0.25) is 0 Å². The minimum atomic E-state index is -5.21. The normalized spacial score (nSPS) is 26.2. The Labute approximate surface area is 183 Å². The molecule has 1 unspecified atom stereocenters. The molecule has 174 valence electrons. The van der Waals surface area contributed by atoms with Gasteiger partial charge in [0.25, 0.3) is 0 Å². The van der Waals surface area contributed by atoms with Crippen LogP contribution < -0.4 is 5.32 Å². The highest BCUT2D eigenvalue weighted by Gasteiger charge is 2.68. The van der Waals surface area contributed by atoms with Crippen LogP contribution in [0.5, 0.6) is 0 Å². The zero-order valence-electron chi connectivity index (χ0n) is 17.2. The molecule has 32 heavy (non-hydrogen) atoms. The maximum absolute atomic E-state index is 13.1. The van der Waals surface area contributed by atoms with Gasteiger partial charge in [0.05, 0.1) is 21.1 Å². The van der Waals surface area contributed by atoms with Crippen molar-refractivity contribution in [2.24, 2.45) is 0 Å². The van der Waals surface area contributed by atoms with Gasteiger partial charge < -0.3 is 20.2 Å². The topological polar surface area (TPSA) is 124 Å². The Morgan fingerprint density at radius 1 is 1.22 bits per heavy atom. The van der Waals surface area contributed by atoms with E-state index in [0.717, 1.165) is 4.90 Å². The maximum atomic E-state index is 13.1. The monoisotopic (exact) mass is 475 g/mol. The Morgan fingerprint density at radius 3 is 2.28 bits per heavy atom.